The van der Waals surface area contributed by atoms with Crippen LogP contribution in [0.4, 0.5) is 0 Å². The van der Waals surface area contributed by atoms with Gasteiger partial charge in [0.2, 0.25) is 0 Å². The Morgan fingerprint density at radius 3 is 2.82 bits per heavy atom. The highest BCUT2D eigenvalue weighted by molar-refractivity contribution is 7.99. The Labute approximate surface area is 71.5 Å². The zero-order chi connectivity index (χ0) is 7.95. The molecule has 0 aromatic carbocycles. The van der Waals surface area contributed by atoms with Crippen molar-refractivity contribution >= 4 is 11.8 Å². The smallest absolute Gasteiger partial charge is 0.0617 e. The Bertz CT molecular complexity index is 162. The van der Waals surface area contributed by atoms with Crippen LogP contribution in [0, 0.1) is 5.41 Å². The summed E-state index contributed by atoms with van der Waals surface area (Å²) in [5.74, 6) is 2.45. The molecule has 64 valence electrons. The number of rotatable bonds is 1. The van der Waals surface area contributed by atoms with Gasteiger partial charge in [-0.25, -0.2) is 0 Å². The van der Waals surface area contributed by atoms with Gasteiger partial charge in [-0.1, -0.05) is 0 Å². The zero-order valence-corrected chi connectivity index (χ0v) is 7.49. The molecule has 2 aliphatic rings. The topological polar surface area (TPSA) is 46.2 Å². The van der Waals surface area contributed by atoms with Crippen molar-refractivity contribution < 1.29 is 5.11 Å². The Morgan fingerprint density at radius 1 is 1.55 bits per heavy atom. The van der Waals surface area contributed by atoms with Gasteiger partial charge >= 0.3 is 0 Å². The first kappa shape index (κ1) is 7.90. The molecule has 1 heterocycles. The third kappa shape index (κ3) is 1.02. The van der Waals surface area contributed by atoms with E-state index in [9.17, 15) is 0 Å². The first-order valence-electron chi connectivity index (χ1n) is 4.20. The van der Waals surface area contributed by atoms with Gasteiger partial charge in [-0.2, -0.15) is 11.8 Å². The minimum atomic E-state index is -0.208. The molecule has 2 unspecified atom stereocenters. The molecule has 0 bridgehead atoms. The van der Waals surface area contributed by atoms with E-state index in [4.69, 9.17) is 10.8 Å². The molecule has 2 nitrogen and oxygen atoms in total. The lowest BCUT2D eigenvalue weighted by molar-refractivity contribution is 0.225. The number of aliphatic hydroxyl groups is 1. The van der Waals surface area contributed by atoms with Crippen molar-refractivity contribution in [2.24, 2.45) is 11.1 Å². The maximum Gasteiger partial charge on any atom is 0.0617 e. The van der Waals surface area contributed by atoms with E-state index < -0.39 is 0 Å². The number of hydrogen-bond acceptors (Lipinski definition) is 3. The molecule has 1 saturated carbocycles. The number of thioether (sulfide) groups is 1. The van der Waals surface area contributed by atoms with Crippen LogP contribution in [0.1, 0.15) is 19.3 Å². The van der Waals surface area contributed by atoms with Gasteiger partial charge in [0.25, 0.3) is 0 Å². The second kappa shape index (κ2) is 2.38. The highest BCUT2D eigenvalue weighted by Crippen LogP contribution is 2.60. The van der Waals surface area contributed by atoms with Gasteiger partial charge in [-0.15, -0.1) is 0 Å². The van der Waals surface area contributed by atoms with E-state index in [0.29, 0.717) is 5.41 Å². The third-order valence-corrected chi connectivity index (χ3v) is 4.52. The highest BCUT2D eigenvalue weighted by Gasteiger charge is 2.64. The molecule has 1 saturated heterocycles. The second-order valence-electron chi connectivity index (χ2n) is 3.93. The van der Waals surface area contributed by atoms with E-state index in [1.54, 1.807) is 0 Å². The van der Waals surface area contributed by atoms with Crippen LogP contribution in [0.3, 0.4) is 0 Å². The molecule has 1 spiro atoms. The van der Waals surface area contributed by atoms with Crippen molar-refractivity contribution in [1.29, 1.82) is 0 Å². The largest absolute Gasteiger partial charge is 0.394 e. The summed E-state index contributed by atoms with van der Waals surface area (Å²) in [6.07, 6.45) is 3.56. The highest BCUT2D eigenvalue weighted by atomic mass is 32.2. The lowest BCUT2D eigenvalue weighted by Crippen LogP contribution is -2.37. The number of hydrogen-bond donors (Lipinski definition) is 2. The molecule has 2 fully saturated rings. The van der Waals surface area contributed by atoms with E-state index in [0.717, 1.165) is 6.42 Å². The van der Waals surface area contributed by atoms with Crippen LogP contribution in [0.25, 0.3) is 0 Å². The van der Waals surface area contributed by atoms with E-state index in [-0.39, 0.29) is 12.1 Å². The van der Waals surface area contributed by atoms with Crippen molar-refractivity contribution in [3.8, 4) is 0 Å². The van der Waals surface area contributed by atoms with Crippen molar-refractivity contribution in [2.45, 2.75) is 24.8 Å². The van der Waals surface area contributed by atoms with Crippen LogP contribution in [0.15, 0.2) is 0 Å². The predicted molar refractivity (Wildman–Crippen MR) is 47.6 cm³/mol. The van der Waals surface area contributed by atoms with Gasteiger partial charge in [0.05, 0.1) is 6.61 Å². The molecular weight excluding hydrogens is 158 g/mol. The van der Waals surface area contributed by atoms with Gasteiger partial charge in [0, 0.05) is 16.7 Å². The van der Waals surface area contributed by atoms with Crippen LogP contribution in [0.2, 0.25) is 0 Å². The number of nitrogens with two attached hydrogens (primary N) is 1. The summed E-state index contributed by atoms with van der Waals surface area (Å²) < 4.78 is 0. The van der Waals surface area contributed by atoms with Crippen molar-refractivity contribution in [3.63, 3.8) is 0 Å². The van der Waals surface area contributed by atoms with Gasteiger partial charge in [-0.05, 0) is 25.0 Å². The molecule has 3 N–H and O–H groups in total. The Balaban J connectivity index is 2.03. The predicted octanol–water partition coefficient (Wildman–Crippen LogP) is 0.593. The first-order valence-corrected chi connectivity index (χ1v) is 5.35. The summed E-state index contributed by atoms with van der Waals surface area (Å²) in [4.78, 5) is 0. The molecule has 0 amide bonds. The van der Waals surface area contributed by atoms with Crippen LogP contribution in [0.5, 0.6) is 0 Å². The van der Waals surface area contributed by atoms with E-state index in [1.807, 2.05) is 11.8 Å². The van der Waals surface area contributed by atoms with Crippen molar-refractivity contribution in [3.05, 3.63) is 0 Å². The normalized spacial score (nSPS) is 49.6. The summed E-state index contributed by atoms with van der Waals surface area (Å²) in [7, 11) is 0. The van der Waals surface area contributed by atoms with Gasteiger partial charge in [0.15, 0.2) is 0 Å². The van der Waals surface area contributed by atoms with E-state index in [2.05, 4.69) is 0 Å². The van der Waals surface area contributed by atoms with E-state index >= 15 is 0 Å². The van der Waals surface area contributed by atoms with Crippen LogP contribution >= 0.6 is 11.8 Å². The molecule has 0 radical (unpaired) electrons. The average Bonchev–Trinajstić information content (AvgIpc) is 2.59. The average molecular weight is 173 g/mol. The Hall–Kier alpha value is 0.270. The number of aliphatic hydroxyl groups excluding tert-OH is 1. The molecule has 0 aromatic rings. The lowest BCUT2D eigenvalue weighted by Gasteiger charge is -2.25. The van der Waals surface area contributed by atoms with Gasteiger partial charge < -0.3 is 10.8 Å². The molecule has 1 aliphatic carbocycles. The molecule has 0 aromatic heterocycles. The zero-order valence-electron chi connectivity index (χ0n) is 6.68. The summed E-state index contributed by atoms with van der Waals surface area (Å²) in [6, 6.07) is 0. The third-order valence-electron chi connectivity index (χ3n) is 3.19. The van der Waals surface area contributed by atoms with Gasteiger partial charge in [0.1, 0.15) is 0 Å². The lowest BCUT2D eigenvalue weighted by atomic mass is 9.96. The molecular formula is C8H15NOS. The minimum Gasteiger partial charge on any atom is -0.394 e. The molecule has 1 aliphatic heterocycles. The Kier molecular flexibility index (Phi) is 1.71. The fourth-order valence-electron chi connectivity index (χ4n) is 2.17. The second-order valence-corrected chi connectivity index (χ2v) is 5.03. The summed E-state index contributed by atoms with van der Waals surface area (Å²) in [5.41, 5.74) is 6.11. The SMILES string of the molecule is NC1(CO)CC12CCCSC2. The quantitative estimate of drug-likeness (QED) is 0.610. The summed E-state index contributed by atoms with van der Waals surface area (Å²) in [5, 5.41) is 9.05. The van der Waals surface area contributed by atoms with Crippen LogP contribution < -0.4 is 5.73 Å². The van der Waals surface area contributed by atoms with Crippen LogP contribution in [-0.4, -0.2) is 28.8 Å². The first-order chi connectivity index (χ1) is 5.22. The molecule has 2 rings (SSSR count). The van der Waals surface area contributed by atoms with E-state index in [1.165, 1.54) is 24.3 Å². The maximum atomic E-state index is 9.05. The van der Waals surface area contributed by atoms with Crippen molar-refractivity contribution in [2.75, 3.05) is 18.1 Å². The summed E-state index contributed by atoms with van der Waals surface area (Å²) >= 11 is 1.99. The van der Waals surface area contributed by atoms with Crippen molar-refractivity contribution in [1.82, 2.24) is 0 Å². The maximum absolute atomic E-state index is 9.05. The van der Waals surface area contributed by atoms with Crippen LogP contribution in [-0.2, 0) is 0 Å². The monoisotopic (exact) mass is 173 g/mol. The Morgan fingerprint density at radius 2 is 2.36 bits per heavy atom. The standard InChI is InChI=1S/C8H15NOS/c9-8(5-10)4-7(8)2-1-3-11-6-7/h10H,1-6,9H2. The fourth-order valence-corrected chi connectivity index (χ4v) is 3.59. The molecule has 2 atom stereocenters. The van der Waals surface area contributed by atoms with Gasteiger partial charge in [-0.3, -0.25) is 0 Å². The molecule has 3 heteroatoms. The summed E-state index contributed by atoms with van der Waals surface area (Å²) in [6.45, 7) is 0.174. The molecule has 11 heavy (non-hydrogen) atoms. The minimum absolute atomic E-state index is 0.174. The fraction of sp³-hybridized carbons (Fsp3) is 1.00.